The van der Waals surface area contributed by atoms with Gasteiger partial charge in [-0.1, -0.05) is 20.8 Å². The highest BCUT2D eigenvalue weighted by atomic mass is 28.4. The van der Waals surface area contributed by atoms with Crippen LogP contribution >= 0.6 is 0 Å². The van der Waals surface area contributed by atoms with Gasteiger partial charge in [-0.05, 0) is 30.3 Å². The standard InChI is InChI=1S/C15H25N3O2Si/c1-15(2,3)21(4,5)20-12-8-14(19)18(10-12)11-6-7-13(16)17-9-11/h6-7,9,12H,8,10H2,1-5H3,(H2,16,17). The number of aromatic nitrogens is 1. The molecule has 1 fully saturated rings. The maximum Gasteiger partial charge on any atom is 0.229 e. The van der Waals surface area contributed by atoms with Crippen LogP contribution in [0.4, 0.5) is 11.5 Å². The average Bonchev–Trinajstić information content (AvgIpc) is 2.69. The molecule has 1 aliphatic rings. The van der Waals surface area contributed by atoms with Gasteiger partial charge in [0.05, 0.1) is 31.0 Å². The number of anilines is 2. The molecule has 1 aliphatic heterocycles. The lowest BCUT2D eigenvalue weighted by atomic mass is 10.2. The van der Waals surface area contributed by atoms with Crippen molar-refractivity contribution in [2.75, 3.05) is 17.2 Å². The molecule has 0 spiro atoms. The van der Waals surface area contributed by atoms with Gasteiger partial charge in [-0.3, -0.25) is 4.79 Å². The van der Waals surface area contributed by atoms with E-state index in [0.29, 0.717) is 18.8 Å². The fourth-order valence-electron chi connectivity index (χ4n) is 2.15. The molecular weight excluding hydrogens is 282 g/mol. The van der Waals surface area contributed by atoms with E-state index in [1.54, 1.807) is 17.2 Å². The minimum atomic E-state index is -1.85. The molecule has 2 rings (SSSR count). The van der Waals surface area contributed by atoms with Crippen molar-refractivity contribution in [2.45, 2.75) is 51.4 Å². The summed E-state index contributed by atoms with van der Waals surface area (Å²) in [5.74, 6) is 0.546. The first-order valence-corrected chi connectivity index (χ1v) is 10.2. The van der Waals surface area contributed by atoms with Crippen molar-refractivity contribution in [2.24, 2.45) is 0 Å². The van der Waals surface area contributed by atoms with E-state index in [4.69, 9.17) is 10.2 Å². The van der Waals surface area contributed by atoms with Crippen LogP contribution in [0.1, 0.15) is 27.2 Å². The number of hydrogen-bond acceptors (Lipinski definition) is 4. The van der Waals surface area contributed by atoms with Gasteiger partial charge in [-0.25, -0.2) is 4.98 Å². The number of nitrogen functional groups attached to an aromatic ring is 1. The third-order valence-corrected chi connectivity index (χ3v) is 8.97. The van der Waals surface area contributed by atoms with Crippen LogP contribution in [0.15, 0.2) is 18.3 Å². The molecule has 0 aromatic carbocycles. The molecule has 2 N–H and O–H groups in total. The molecule has 1 amide bonds. The van der Waals surface area contributed by atoms with Crippen LogP contribution in [0.5, 0.6) is 0 Å². The molecule has 2 heterocycles. The van der Waals surface area contributed by atoms with Gasteiger partial charge in [0.25, 0.3) is 0 Å². The molecule has 0 radical (unpaired) electrons. The van der Waals surface area contributed by atoms with Crippen LogP contribution in [0.25, 0.3) is 0 Å². The second-order valence-corrected chi connectivity index (χ2v) is 11.9. The minimum absolute atomic E-state index is 0.0315. The van der Waals surface area contributed by atoms with E-state index < -0.39 is 8.32 Å². The molecule has 116 valence electrons. The van der Waals surface area contributed by atoms with Gasteiger partial charge in [-0.2, -0.15) is 0 Å². The third kappa shape index (κ3) is 3.44. The molecule has 21 heavy (non-hydrogen) atoms. The van der Waals surface area contributed by atoms with Crippen molar-refractivity contribution >= 4 is 25.7 Å². The summed E-state index contributed by atoms with van der Waals surface area (Å²) in [4.78, 5) is 18.0. The number of carbonyl (C=O) groups excluding carboxylic acids is 1. The molecule has 1 aromatic rings. The first-order valence-electron chi connectivity index (χ1n) is 7.30. The van der Waals surface area contributed by atoms with E-state index in [9.17, 15) is 4.79 Å². The molecule has 0 saturated carbocycles. The van der Waals surface area contributed by atoms with Gasteiger partial charge in [0.15, 0.2) is 8.32 Å². The smallest absolute Gasteiger partial charge is 0.229 e. The molecule has 6 heteroatoms. The van der Waals surface area contributed by atoms with Crippen LogP contribution in [0.3, 0.4) is 0 Å². The van der Waals surface area contributed by atoms with E-state index in [2.05, 4.69) is 38.8 Å². The van der Waals surface area contributed by atoms with E-state index in [0.717, 1.165) is 5.69 Å². The molecule has 0 aliphatic carbocycles. The fourth-order valence-corrected chi connectivity index (χ4v) is 3.50. The van der Waals surface area contributed by atoms with Gasteiger partial charge in [-0.15, -0.1) is 0 Å². The Morgan fingerprint density at radius 3 is 2.57 bits per heavy atom. The number of pyridine rings is 1. The first-order chi connectivity index (χ1) is 9.60. The van der Waals surface area contributed by atoms with Crippen molar-refractivity contribution in [3.63, 3.8) is 0 Å². The SMILES string of the molecule is CC(C)(C)[Si](C)(C)OC1CC(=O)N(c2ccc(N)nc2)C1. The van der Waals surface area contributed by atoms with Gasteiger partial charge >= 0.3 is 0 Å². The van der Waals surface area contributed by atoms with Gasteiger partial charge in [0.1, 0.15) is 5.82 Å². The normalized spacial score (nSPS) is 20.1. The lowest BCUT2D eigenvalue weighted by Gasteiger charge is -2.38. The lowest BCUT2D eigenvalue weighted by molar-refractivity contribution is -0.117. The number of carbonyl (C=O) groups is 1. The van der Waals surface area contributed by atoms with E-state index >= 15 is 0 Å². The summed E-state index contributed by atoms with van der Waals surface area (Å²) in [5.41, 5.74) is 6.37. The number of rotatable bonds is 3. The zero-order valence-corrected chi connectivity index (χ0v) is 14.5. The summed E-state index contributed by atoms with van der Waals surface area (Å²) in [6.07, 6.45) is 2.05. The Bertz CT molecular complexity index is 523. The van der Waals surface area contributed by atoms with Crippen molar-refractivity contribution < 1.29 is 9.22 Å². The Morgan fingerprint density at radius 1 is 1.38 bits per heavy atom. The van der Waals surface area contributed by atoms with Gasteiger partial charge in [0, 0.05) is 0 Å². The zero-order chi connectivity index (χ0) is 15.8. The summed E-state index contributed by atoms with van der Waals surface area (Å²) < 4.78 is 6.34. The summed E-state index contributed by atoms with van der Waals surface area (Å²) in [7, 11) is -1.85. The van der Waals surface area contributed by atoms with E-state index in [1.807, 2.05) is 6.07 Å². The Labute approximate surface area is 127 Å². The van der Waals surface area contributed by atoms with Crippen LogP contribution in [-0.2, 0) is 9.22 Å². The van der Waals surface area contributed by atoms with Crippen molar-refractivity contribution in [3.8, 4) is 0 Å². The molecule has 1 aromatic heterocycles. The van der Waals surface area contributed by atoms with Crippen molar-refractivity contribution in [3.05, 3.63) is 18.3 Å². The topological polar surface area (TPSA) is 68.5 Å². The molecule has 1 atom stereocenters. The van der Waals surface area contributed by atoms with Crippen molar-refractivity contribution in [1.82, 2.24) is 4.98 Å². The second-order valence-electron chi connectivity index (χ2n) is 7.15. The number of nitrogens with two attached hydrogens (primary N) is 1. The van der Waals surface area contributed by atoms with Gasteiger partial charge < -0.3 is 15.1 Å². The summed E-state index contributed by atoms with van der Waals surface area (Å²) >= 11 is 0. The Balaban J connectivity index is 2.08. The van der Waals surface area contributed by atoms with Crippen LogP contribution in [0, 0.1) is 0 Å². The Morgan fingerprint density at radius 2 is 2.05 bits per heavy atom. The fraction of sp³-hybridized carbons (Fsp3) is 0.600. The quantitative estimate of drug-likeness (QED) is 0.872. The van der Waals surface area contributed by atoms with Crippen LogP contribution in [-0.4, -0.2) is 31.9 Å². The maximum atomic E-state index is 12.2. The highest BCUT2D eigenvalue weighted by Gasteiger charge is 2.42. The summed E-state index contributed by atoms with van der Waals surface area (Å²) in [5, 5.41) is 0.145. The predicted molar refractivity (Wildman–Crippen MR) is 87.7 cm³/mol. The molecule has 0 bridgehead atoms. The zero-order valence-electron chi connectivity index (χ0n) is 13.5. The average molecular weight is 307 g/mol. The monoisotopic (exact) mass is 307 g/mol. The first kappa shape index (κ1) is 16.0. The summed E-state index contributed by atoms with van der Waals surface area (Å²) in [6, 6.07) is 3.54. The van der Waals surface area contributed by atoms with E-state index in [1.165, 1.54) is 0 Å². The largest absolute Gasteiger partial charge is 0.412 e. The lowest BCUT2D eigenvalue weighted by Crippen LogP contribution is -2.44. The predicted octanol–water partition coefficient (Wildman–Crippen LogP) is 2.79. The highest BCUT2D eigenvalue weighted by molar-refractivity contribution is 6.74. The van der Waals surface area contributed by atoms with Gasteiger partial charge in [0.2, 0.25) is 5.91 Å². The molecule has 5 nitrogen and oxygen atoms in total. The number of nitrogens with zero attached hydrogens (tertiary/aromatic N) is 2. The Kier molecular flexibility index (Phi) is 4.12. The summed E-state index contributed by atoms with van der Waals surface area (Å²) in [6.45, 7) is 11.6. The van der Waals surface area contributed by atoms with Crippen molar-refractivity contribution in [1.29, 1.82) is 0 Å². The van der Waals surface area contributed by atoms with Crippen LogP contribution in [0.2, 0.25) is 18.1 Å². The molecule has 1 unspecified atom stereocenters. The van der Waals surface area contributed by atoms with Crippen LogP contribution < -0.4 is 10.6 Å². The minimum Gasteiger partial charge on any atom is -0.412 e. The number of amides is 1. The second kappa shape index (κ2) is 5.42. The number of hydrogen-bond donors (Lipinski definition) is 1. The molecule has 1 saturated heterocycles. The third-order valence-electron chi connectivity index (χ3n) is 4.44. The Hall–Kier alpha value is -1.40. The van der Waals surface area contributed by atoms with E-state index in [-0.39, 0.29) is 17.0 Å². The highest BCUT2D eigenvalue weighted by Crippen LogP contribution is 2.38. The maximum absolute atomic E-state index is 12.2. The molecular formula is C15H25N3O2Si.